The van der Waals surface area contributed by atoms with Crippen molar-refractivity contribution in [2.24, 2.45) is 11.7 Å². The van der Waals surface area contributed by atoms with E-state index in [0.29, 0.717) is 38.3 Å². The zero-order chi connectivity index (χ0) is 19.1. The van der Waals surface area contributed by atoms with E-state index < -0.39 is 0 Å². The van der Waals surface area contributed by atoms with Crippen molar-refractivity contribution in [3.05, 3.63) is 34.7 Å². The van der Waals surface area contributed by atoms with Gasteiger partial charge in [0.1, 0.15) is 6.54 Å². The van der Waals surface area contributed by atoms with E-state index in [9.17, 15) is 14.4 Å². The molecule has 0 spiro atoms. The highest BCUT2D eigenvalue weighted by Crippen LogP contribution is 2.19. The molecule has 0 atom stereocenters. The standard InChI is InChI=1S/C18H22N6O3/c1-2-22-13-5-3-4-6-14(13)24-17(22)20-23(18(24)27)11-15(25)21-9-7-12(8-10-21)16(19)26/h3-6,12H,2,7-11H2,1H3,(H2,19,26). The fourth-order valence-corrected chi connectivity index (χ4v) is 3.83. The van der Waals surface area contributed by atoms with Gasteiger partial charge in [0, 0.05) is 25.6 Å². The van der Waals surface area contributed by atoms with Crippen molar-refractivity contribution in [2.75, 3.05) is 13.1 Å². The molecule has 9 nitrogen and oxygen atoms in total. The molecule has 1 saturated heterocycles. The van der Waals surface area contributed by atoms with Crippen LogP contribution in [0.3, 0.4) is 0 Å². The maximum atomic E-state index is 12.8. The second kappa shape index (κ2) is 6.57. The minimum atomic E-state index is -0.325. The number of hydrogen-bond donors (Lipinski definition) is 1. The normalized spacial score (nSPS) is 15.7. The molecule has 1 aromatic carbocycles. The Kier molecular flexibility index (Phi) is 4.21. The van der Waals surface area contributed by atoms with Crippen LogP contribution in [0.25, 0.3) is 16.8 Å². The van der Waals surface area contributed by atoms with Gasteiger partial charge in [-0.15, -0.1) is 5.10 Å². The summed E-state index contributed by atoms with van der Waals surface area (Å²) in [7, 11) is 0. The molecule has 0 aliphatic carbocycles. The number of hydrogen-bond acceptors (Lipinski definition) is 4. The first-order valence-electron chi connectivity index (χ1n) is 9.15. The Hall–Kier alpha value is -3.10. The predicted molar refractivity (Wildman–Crippen MR) is 99.1 cm³/mol. The lowest BCUT2D eigenvalue weighted by Crippen LogP contribution is -2.44. The van der Waals surface area contributed by atoms with Crippen molar-refractivity contribution < 1.29 is 9.59 Å². The van der Waals surface area contributed by atoms with Gasteiger partial charge in [0.15, 0.2) is 0 Å². The van der Waals surface area contributed by atoms with Crippen LogP contribution in [-0.4, -0.2) is 48.6 Å². The first-order valence-corrected chi connectivity index (χ1v) is 9.15. The number of amides is 2. The van der Waals surface area contributed by atoms with Gasteiger partial charge in [-0.2, -0.15) is 0 Å². The average molecular weight is 370 g/mol. The monoisotopic (exact) mass is 370 g/mol. The SMILES string of the molecule is CCn1c2ccccc2n2c(=O)n(CC(=O)N3CCC(C(N)=O)CC3)nc12. The fourth-order valence-electron chi connectivity index (χ4n) is 3.83. The van der Waals surface area contributed by atoms with E-state index >= 15 is 0 Å². The number of imidazole rings is 1. The van der Waals surface area contributed by atoms with Crippen LogP contribution >= 0.6 is 0 Å². The van der Waals surface area contributed by atoms with E-state index in [-0.39, 0.29) is 30.0 Å². The minimum Gasteiger partial charge on any atom is -0.369 e. The van der Waals surface area contributed by atoms with Gasteiger partial charge < -0.3 is 15.2 Å². The van der Waals surface area contributed by atoms with E-state index in [1.165, 1.54) is 4.68 Å². The van der Waals surface area contributed by atoms with Crippen LogP contribution in [0.1, 0.15) is 19.8 Å². The number of piperidine rings is 1. The number of carbonyl (C=O) groups excluding carboxylic acids is 2. The highest BCUT2D eigenvalue weighted by atomic mass is 16.2. The number of carbonyl (C=O) groups is 2. The fraction of sp³-hybridized carbons (Fsp3) is 0.444. The number of nitrogens with two attached hydrogens (primary N) is 1. The van der Waals surface area contributed by atoms with E-state index in [4.69, 9.17) is 5.73 Å². The number of primary amides is 1. The lowest BCUT2D eigenvalue weighted by Gasteiger charge is -2.30. The smallest absolute Gasteiger partial charge is 0.352 e. The highest BCUT2D eigenvalue weighted by Gasteiger charge is 2.27. The summed E-state index contributed by atoms with van der Waals surface area (Å²) in [6.07, 6.45) is 1.12. The maximum absolute atomic E-state index is 12.8. The van der Waals surface area contributed by atoms with Crippen molar-refractivity contribution in [2.45, 2.75) is 32.9 Å². The van der Waals surface area contributed by atoms with Crippen molar-refractivity contribution >= 4 is 28.6 Å². The molecule has 1 fully saturated rings. The summed E-state index contributed by atoms with van der Waals surface area (Å²) >= 11 is 0. The van der Waals surface area contributed by atoms with Crippen LogP contribution in [0.5, 0.6) is 0 Å². The molecule has 1 aliphatic rings. The second-order valence-electron chi connectivity index (χ2n) is 6.87. The summed E-state index contributed by atoms with van der Waals surface area (Å²) < 4.78 is 4.72. The number of aromatic nitrogens is 4. The lowest BCUT2D eigenvalue weighted by molar-refractivity contribution is -0.135. The molecule has 0 bridgehead atoms. The number of likely N-dealkylation sites (tertiary alicyclic amines) is 1. The van der Waals surface area contributed by atoms with Gasteiger partial charge >= 0.3 is 5.69 Å². The maximum Gasteiger partial charge on any atom is 0.352 e. The zero-order valence-corrected chi connectivity index (χ0v) is 15.2. The van der Waals surface area contributed by atoms with Crippen molar-refractivity contribution in [1.29, 1.82) is 0 Å². The Morgan fingerprint density at radius 1 is 1.19 bits per heavy atom. The highest BCUT2D eigenvalue weighted by molar-refractivity contribution is 5.81. The van der Waals surface area contributed by atoms with Gasteiger partial charge in [-0.05, 0) is 31.9 Å². The number of aryl methyl sites for hydroxylation is 1. The summed E-state index contributed by atoms with van der Waals surface area (Å²) in [6.45, 7) is 3.49. The number of nitrogens with zero attached hydrogens (tertiary/aromatic N) is 5. The van der Waals surface area contributed by atoms with Gasteiger partial charge in [-0.1, -0.05) is 12.1 Å². The van der Waals surface area contributed by atoms with E-state index in [1.807, 2.05) is 35.8 Å². The molecule has 4 rings (SSSR count). The van der Waals surface area contributed by atoms with E-state index in [1.54, 1.807) is 9.30 Å². The molecule has 2 aromatic heterocycles. The average Bonchev–Trinajstić information content (AvgIpc) is 3.16. The van der Waals surface area contributed by atoms with E-state index in [2.05, 4.69) is 5.10 Å². The Labute approximate surface area is 154 Å². The second-order valence-corrected chi connectivity index (χ2v) is 6.87. The largest absolute Gasteiger partial charge is 0.369 e. The Bertz CT molecular complexity index is 1080. The Morgan fingerprint density at radius 3 is 2.48 bits per heavy atom. The quantitative estimate of drug-likeness (QED) is 0.707. The Balaban J connectivity index is 1.62. The van der Waals surface area contributed by atoms with Crippen LogP contribution in [0.2, 0.25) is 0 Å². The summed E-state index contributed by atoms with van der Waals surface area (Å²) in [4.78, 5) is 38.4. The molecule has 1 aliphatic heterocycles. The molecular weight excluding hydrogens is 348 g/mol. The van der Waals surface area contributed by atoms with Gasteiger partial charge in [-0.3, -0.25) is 9.59 Å². The number of benzene rings is 1. The zero-order valence-electron chi connectivity index (χ0n) is 15.2. The predicted octanol–water partition coefficient (Wildman–Crippen LogP) is 0.195. The third-order valence-electron chi connectivity index (χ3n) is 5.33. The van der Waals surface area contributed by atoms with Crippen LogP contribution in [-0.2, 0) is 22.7 Å². The number of rotatable bonds is 4. The third-order valence-corrected chi connectivity index (χ3v) is 5.33. The number of para-hydroxylation sites is 2. The first-order chi connectivity index (χ1) is 13.0. The lowest BCUT2D eigenvalue weighted by atomic mass is 9.96. The van der Waals surface area contributed by atoms with Crippen LogP contribution in [0.15, 0.2) is 29.1 Å². The van der Waals surface area contributed by atoms with Gasteiger partial charge in [-0.25, -0.2) is 13.9 Å². The van der Waals surface area contributed by atoms with Crippen molar-refractivity contribution in [1.82, 2.24) is 23.6 Å². The Morgan fingerprint density at radius 2 is 1.85 bits per heavy atom. The summed E-state index contributed by atoms with van der Waals surface area (Å²) in [5.74, 6) is -0.137. The molecule has 0 unspecified atom stereocenters. The van der Waals surface area contributed by atoms with Crippen LogP contribution in [0, 0.1) is 5.92 Å². The number of fused-ring (bicyclic) bond motifs is 3. The van der Waals surface area contributed by atoms with Crippen LogP contribution in [0.4, 0.5) is 0 Å². The summed E-state index contributed by atoms with van der Waals surface area (Å²) in [5.41, 5.74) is 6.72. The first kappa shape index (κ1) is 17.3. The van der Waals surface area contributed by atoms with E-state index in [0.717, 1.165) is 11.0 Å². The molecular formula is C18H22N6O3. The molecule has 0 saturated carbocycles. The third kappa shape index (κ3) is 2.79. The molecule has 3 aromatic rings. The van der Waals surface area contributed by atoms with Crippen molar-refractivity contribution in [3.8, 4) is 0 Å². The summed E-state index contributed by atoms with van der Waals surface area (Å²) in [6, 6.07) is 7.62. The van der Waals surface area contributed by atoms with Crippen LogP contribution < -0.4 is 11.4 Å². The molecule has 142 valence electrons. The van der Waals surface area contributed by atoms with Gasteiger partial charge in [0.2, 0.25) is 17.6 Å². The molecule has 3 heterocycles. The molecule has 9 heteroatoms. The molecule has 2 N–H and O–H groups in total. The van der Waals surface area contributed by atoms with Gasteiger partial charge in [0.05, 0.1) is 11.0 Å². The molecule has 27 heavy (non-hydrogen) atoms. The topological polar surface area (TPSA) is 108 Å². The minimum absolute atomic E-state index is 0.111. The molecule has 2 amide bonds. The molecule has 0 radical (unpaired) electrons. The van der Waals surface area contributed by atoms with Gasteiger partial charge in [0.25, 0.3) is 0 Å². The van der Waals surface area contributed by atoms with Crippen molar-refractivity contribution in [3.63, 3.8) is 0 Å². The summed E-state index contributed by atoms with van der Waals surface area (Å²) in [5, 5.41) is 4.41.